The van der Waals surface area contributed by atoms with Crippen molar-refractivity contribution in [1.29, 1.82) is 0 Å². The topological polar surface area (TPSA) is 255 Å². The molecule has 3 aliphatic carbocycles. The molecule has 8 aliphatic rings. The average Bonchev–Trinajstić information content (AvgIpc) is 1.77. The first-order chi connectivity index (χ1) is 40.4. The highest BCUT2D eigenvalue weighted by Gasteiger charge is 2.69. The van der Waals surface area contributed by atoms with Crippen LogP contribution in [-0.2, 0) is 33.5 Å². The van der Waals surface area contributed by atoms with Crippen LogP contribution < -0.4 is 36.5 Å². The van der Waals surface area contributed by atoms with E-state index in [1.54, 1.807) is 24.5 Å². The Labute approximate surface area is 484 Å². The average molecular weight is 1130 g/mol. The van der Waals surface area contributed by atoms with Crippen LogP contribution in [-0.4, -0.2) is 103 Å². The number of nitrogens with zero attached hydrogens (tertiary/aromatic N) is 3. The molecule has 12 atom stereocenters. The van der Waals surface area contributed by atoms with Crippen molar-refractivity contribution in [2.24, 2.45) is 39.8 Å². The van der Waals surface area contributed by atoms with Crippen molar-refractivity contribution in [3.05, 3.63) is 119 Å². The number of ether oxygens (including phenoxy) is 4. The SMILES string of the molecule is CC(=O)O[C@H]1C[C@@H](c2cc(O)c(O)c(OCCc3cccnc3)c2)O[C@H]2[C@H]3Cc4ccc(O)c(c4)O[C@@H]4CCC[C@@]5(NC(=NCCCC6=CCNC(N)=C6)N[C@@H]6n7cc8[nH]ccc8c7CC[C@]65[C@@H](O)NC5CCCCC5)[C@H]4C#C[C@@H]3CC[C@H]21. The number of nitrogens with two attached hydrogens (primary N) is 1. The van der Waals surface area contributed by atoms with Gasteiger partial charge in [0.2, 0.25) is 5.75 Å². The fourth-order valence-corrected chi connectivity index (χ4v) is 15.9. The summed E-state index contributed by atoms with van der Waals surface area (Å²) < 4.78 is 29.3. The number of allylic oxidation sites excluding steroid dienone is 2. The number of fused-ring (bicyclic) bond motifs is 13. The third kappa shape index (κ3) is 10.5. The summed E-state index contributed by atoms with van der Waals surface area (Å²) in [6.45, 7) is 2.90. The van der Waals surface area contributed by atoms with Crippen LogP contribution in [0.25, 0.3) is 10.9 Å². The number of hydrogen-bond acceptors (Lipinski definition) is 14. The van der Waals surface area contributed by atoms with Gasteiger partial charge in [-0.05, 0) is 142 Å². The number of aliphatic imine (C=N–C) groups is 1. The molecular weight excluding hydrogens is 1050 g/mol. The number of benzene rings is 2. The zero-order chi connectivity index (χ0) is 56.8. The van der Waals surface area contributed by atoms with E-state index in [2.05, 4.69) is 66.0 Å². The van der Waals surface area contributed by atoms with Crippen LogP contribution in [0.4, 0.5) is 0 Å². The molecule has 3 aromatic heterocycles. The second-order valence-corrected chi connectivity index (χ2v) is 24.6. The fraction of sp³-hybridized carbons (Fsp3) is 0.523. The Balaban J connectivity index is 0.908. The first kappa shape index (κ1) is 54.9. The Morgan fingerprint density at radius 1 is 1.01 bits per heavy atom. The van der Waals surface area contributed by atoms with E-state index < -0.39 is 53.7 Å². The van der Waals surface area contributed by atoms with Gasteiger partial charge in [0.1, 0.15) is 24.6 Å². The number of rotatable bonds is 13. The monoisotopic (exact) mass is 1130 g/mol. The minimum Gasteiger partial charge on any atom is -0.504 e. The van der Waals surface area contributed by atoms with E-state index in [0.29, 0.717) is 94.0 Å². The molecule has 5 aromatic rings. The van der Waals surface area contributed by atoms with Gasteiger partial charge >= 0.3 is 5.97 Å². The number of aryl methyl sites for hydroxylation is 1. The number of aliphatic hydroxyl groups is 1. The van der Waals surface area contributed by atoms with Gasteiger partial charge < -0.3 is 70.6 Å². The van der Waals surface area contributed by atoms with E-state index in [1.807, 2.05) is 36.5 Å². The summed E-state index contributed by atoms with van der Waals surface area (Å²) in [6.07, 6.45) is 21.4. The predicted octanol–water partition coefficient (Wildman–Crippen LogP) is 8.08. The van der Waals surface area contributed by atoms with E-state index in [1.165, 1.54) is 30.7 Å². The van der Waals surface area contributed by atoms with Crippen molar-refractivity contribution in [3.8, 4) is 40.6 Å². The Bertz CT molecular complexity index is 3360. The number of dihydropyridines is 1. The van der Waals surface area contributed by atoms with Crippen LogP contribution in [0, 0.1) is 40.9 Å². The molecule has 83 heavy (non-hydrogen) atoms. The lowest BCUT2D eigenvalue weighted by molar-refractivity contribution is -0.196. The van der Waals surface area contributed by atoms with Crippen molar-refractivity contribution < 1.29 is 44.2 Å². The van der Waals surface area contributed by atoms with Gasteiger partial charge in [0.15, 0.2) is 29.0 Å². The summed E-state index contributed by atoms with van der Waals surface area (Å²) >= 11 is 0. The maximum absolute atomic E-state index is 13.6. The summed E-state index contributed by atoms with van der Waals surface area (Å²) in [5.74, 6) is 7.60. The van der Waals surface area contributed by atoms with E-state index >= 15 is 0 Å². The Morgan fingerprint density at radius 3 is 2.75 bits per heavy atom. The number of aromatic amines is 1. The maximum atomic E-state index is 13.6. The number of carbonyl (C=O) groups is 1. The predicted molar refractivity (Wildman–Crippen MR) is 313 cm³/mol. The molecular formula is C65H79N9O9. The normalized spacial score (nSPS) is 31.0. The number of H-pyrrole nitrogens is 1. The highest BCUT2D eigenvalue weighted by molar-refractivity contribution is 5.85. The zero-order valence-corrected chi connectivity index (χ0v) is 47.3. The van der Waals surface area contributed by atoms with Crippen molar-refractivity contribution >= 4 is 22.8 Å². The molecule has 18 heteroatoms. The molecule has 5 fully saturated rings. The van der Waals surface area contributed by atoms with Gasteiger partial charge in [0.05, 0.1) is 47.0 Å². The first-order valence-electron chi connectivity index (χ1n) is 30.4. The zero-order valence-electron chi connectivity index (χ0n) is 47.3. The lowest BCUT2D eigenvalue weighted by atomic mass is 9.51. The number of nitrogens with one attached hydrogen (secondary N) is 5. The van der Waals surface area contributed by atoms with Gasteiger partial charge in [0, 0.05) is 92.5 Å². The molecule has 8 heterocycles. The molecule has 13 rings (SSSR count). The Hall–Kier alpha value is -7.33. The van der Waals surface area contributed by atoms with Crippen LogP contribution in [0.5, 0.6) is 28.7 Å². The fourth-order valence-electron chi connectivity index (χ4n) is 15.9. The van der Waals surface area contributed by atoms with E-state index in [0.717, 1.165) is 67.0 Å². The lowest BCUT2D eigenvalue weighted by Crippen LogP contribution is -2.81. The molecule has 2 saturated heterocycles. The quantitative estimate of drug-likeness (QED) is 0.0176. The standard InChI is InChI=1S/C65H79N9O9/c1-38(75)81-55-35-54(43-33-52(77)59(78)57(34-43)80-29-22-40-9-6-25-67-36-40)83-60-46(55)16-14-42-15-17-48-53(82-56-31-41(30-47(42)60)13-18-51(56)76)12-5-23-65(48)64(62(79)71-44-10-3-2-4-11-44)24-19-50-45-21-28-68-49(45)37-74(50)61(64)72-63(73-65)70-26-7-8-39-20-27-69-58(66)32-39/h6,9,13,18,20-21,25,28,31-34,36-37,42,44,46-48,53-55,60-62,68-69,71,76-79H,2-5,7-8,10-12,14,16,19,22-24,26-27,29-30,35,66H2,1H3,(H2,70,72,73)/t42-,46-,47-,48-,53+,54-,55-,60+,61+,62+,64+,65+/m0/s1. The minimum atomic E-state index is -0.981. The second-order valence-electron chi connectivity index (χ2n) is 24.6. The lowest BCUT2D eigenvalue weighted by Gasteiger charge is -2.65. The number of pyridine rings is 1. The van der Waals surface area contributed by atoms with Crippen LogP contribution in [0.2, 0.25) is 0 Å². The third-order valence-corrected chi connectivity index (χ3v) is 19.8. The van der Waals surface area contributed by atoms with Gasteiger partial charge in [0.25, 0.3) is 0 Å². The molecule has 438 valence electrons. The van der Waals surface area contributed by atoms with E-state index in [-0.39, 0.29) is 59.4 Å². The van der Waals surface area contributed by atoms with Crippen LogP contribution in [0.1, 0.15) is 131 Å². The molecule has 0 radical (unpaired) electrons. The van der Waals surface area contributed by atoms with Crippen LogP contribution in [0.15, 0.2) is 102 Å². The maximum Gasteiger partial charge on any atom is 0.302 e. The van der Waals surface area contributed by atoms with E-state index in [4.69, 9.17) is 29.7 Å². The van der Waals surface area contributed by atoms with Crippen molar-refractivity contribution in [2.75, 3.05) is 19.7 Å². The number of aromatic hydroxyl groups is 3. The summed E-state index contributed by atoms with van der Waals surface area (Å²) in [4.78, 5) is 26.1. The van der Waals surface area contributed by atoms with Gasteiger partial charge in [-0.3, -0.25) is 20.1 Å². The number of aliphatic hydroxyl groups excluding tert-OH is 1. The summed E-state index contributed by atoms with van der Waals surface area (Å²) in [5, 5.41) is 64.1. The van der Waals surface area contributed by atoms with Crippen molar-refractivity contribution in [1.82, 2.24) is 35.8 Å². The number of hydrogen-bond donors (Lipinski definition) is 10. The molecule has 0 amide bonds. The molecule has 2 aromatic carbocycles. The molecule has 0 unspecified atom stereocenters. The summed E-state index contributed by atoms with van der Waals surface area (Å²) in [6, 6.07) is 15.0. The smallest absolute Gasteiger partial charge is 0.302 e. The largest absolute Gasteiger partial charge is 0.504 e. The number of phenols is 3. The third-order valence-electron chi connectivity index (χ3n) is 19.8. The van der Waals surface area contributed by atoms with Crippen LogP contribution in [0.3, 0.4) is 0 Å². The number of esters is 1. The number of phenolic OH excluding ortho intramolecular Hbond substituents is 3. The van der Waals surface area contributed by atoms with Gasteiger partial charge in [-0.15, -0.1) is 0 Å². The number of guanidine groups is 1. The molecule has 2 bridgehead atoms. The Kier molecular flexibility index (Phi) is 15.2. The summed E-state index contributed by atoms with van der Waals surface area (Å²) in [5.41, 5.74) is 10.2. The van der Waals surface area contributed by atoms with Gasteiger partial charge in [-0.25, -0.2) is 0 Å². The van der Waals surface area contributed by atoms with Gasteiger partial charge in [-0.2, -0.15) is 0 Å². The molecule has 1 spiro atoms. The van der Waals surface area contributed by atoms with Gasteiger partial charge in [-0.1, -0.05) is 49.3 Å². The van der Waals surface area contributed by atoms with Crippen LogP contribution >= 0.6 is 0 Å². The number of aromatic nitrogens is 3. The first-order valence-corrected chi connectivity index (χ1v) is 30.4. The van der Waals surface area contributed by atoms with Crippen molar-refractivity contribution in [3.63, 3.8) is 0 Å². The molecule has 11 N–H and O–H groups in total. The molecule has 18 nitrogen and oxygen atoms in total. The molecule has 5 aliphatic heterocycles. The highest BCUT2D eigenvalue weighted by Crippen LogP contribution is 2.60. The molecule has 3 saturated carbocycles. The minimum absolute atomic E-state index is 0.0317. The second kappa shape index (κ2) is 23.0. The van der Waals surface area contributed by atoms with E-state index in [9.17, 15) is 25.2 Å². The summed E-state index contributed by atoms with van der Waals surface area (Å²) in [7, 11) is 0. The Morgan fingerprint density at radius 2 is 1.90 bits per heavy atom. The number of carbonyl (C=O) groups excluding carboxylic acids is 1. The van der Waals surface area contributed by atoms with Crippen molar-refractivity contribution in [2.45, 2.75) is 164 Å². The highest BCUT2D eigenvalue weighted by atomic mass is 16.6.